The maximum absolute atomic E-state index is 13.2. The van der Waals surface area contributed by atoms with Crippen LogP contribution in [0.3, 0.4) is 0 Å². The normalized spacial score (nSPS) is 17.8. The van der Waals surface area contributed by atoms with Crippen molar-refractivity contribution in [1.82, 2.24) is 5.32 Å². The molecule has 0 aromatic heterocycles. The molecule has 0 saturated heterocycles. The molecular weight excluding hydrogens is 413 g/mol. The van der Waals surface area contributed by atoms with Gasteiger partial charge in [0.1, 0.15) is 0 Å². The SMILES string of the molecule is Cc1ccc(CNC2CC2c2ccc(N(Cc3ccccc3)C(=O)C(F)(F)F)cc2)cc1. The van der Waals surface area contributed by atoms with Crippen LogP contribution in [0.25, 0.3) is 0 Å². The summed E-state index contributed by atoms with van der Waals surface area (Å²) < 4.78 is 39.6. The number of anilines is 1. The third-order valence-corrected chi connectivity index (χ3v) is 5.78. The Labute approximate surface area is 185 Å². The fraction of sp³-hybridized carbons (Fsp3) is 0.269. The number of benzene rings is 3. The molecule has 3 aromatic carbocycles. The second kappa shape index (κ2) is 9.17. The summed E-state index contributed by atoms with van der Waals surface area (Å²) in [5.41, 5.74) is 4.39. The lowest BCUT2D eigenvalue weighted by molar-refractivity contribution is -0.170. The highest BCUT2D eigenvalue weighted by molar-refractivity contribution is 5.97. The molecule has 1 amide bonds. The minimum atomic E-state index is -4.94. The van der Waals surface area contributed by atoms with Gasteiger partial charge in [-0.05, 0) is 42.2 Å². The molecule has 2 unspecified atom stereocenters. The number of carbonyl (C=O) groups is 1. The van der Waals surface area contributed by atoms with E-state index >= 15 is 0 Å². The summed E-state index contributed by atoms with van der Waals surface area (Å²) in [5, 5.41) is 3.54. The quantitative estimate of drug-likeness (QED) is 0.511. The van der Waals surface area contributed by atoms with Crippen LogP contribution in [0.15, 0.2) is 78.9 Å². The molecule has 1 aliphatic rings. The van der Waals surface area contributed by atoms with E-state index in [2.05, 4.69) is 36.5 Å². The van der Waals surface area contributed by atoms with E-state index in [0.29, 0.717) is 17.5 Å². The summed E-state index contributed by atoms with van der Waals surface area (Å²) in [6.45, 7) is 2.70. The Hall–Kier alpha value is -3.12. The zero-order valence-electron chi connectivity index (χ0n) is 17.8. The van der Waals surface area contributed by atoms with Gasteiger partial charge in [-0.15, -0.1) is 0 Å². The minimum absolute atomic E-state index is 0.136. The van der Waals surface area contributed by atoms with E-state index in [1.54, 1.807) is 42.5 Å². The lowest BCUT2D eigenvalue weighted by Crippen LogP contribution is -2.40. The second-order valence-corrected chi connectivity index (χ2v) is 8.28. The van der Waals surface area contributed by atoms with Crippen LogP contribution in [0.1, 0.15) is 34.6 Å². The molecule has 0 spiro atoms. The van der Waals surface area contributed by atoms with Crippen LogP contribution in [-0.2, 0) is 17.9 Å². The number of hydrogen-bond donors (Lipinski definition) is 1. The summed E-state index contributed by atoms with van der Waals surface area (Å²) in [7, 11) is 0. The van der Waals surface area contributed by atoms with Crippen LogP contribution in [0.5, 0.6) is 0 Å². The Morgan fingerprint density at radius 1 is 0.938 bits per heavy atom. The van der Waals surface area contributed by atoms with Crippen molar-refractivity contribution in [2.24, 2.45) is 0 Å². The molecule has 166 valence electrons. The molecule has 2 atom stereocenters. The first-order valence-corrected chi connectivity index (χ1v) is 10.6. The van der Waals surface area contributed by atoms with Crippen LogP contribution < -0.4 is 10.2 Å². The summed E-state index contributed by atoms with van der Waals surface area (Å²) in [6.07, 6.45) is -3.95. The summed E-state index contributed by atoms with van der Waals surface area (Å²) in [4.78, 5) is 12.9. The van der Waals surface area contributed by atoms with Gasteiger partial charge in [0, 0.05) is 24.2 Å². The molecule has 1 saturated carbocycles. The van der Waals surface area contributed by atoms with Crippen molar-refractivity contribution in [3.8, 4) is 0 Å². The van der Waals surface area contributed by atoms with Gasteiger partial charge in [0.2, 0.25) is 0 Å². The van der Waals surface area contributed by atoms with Crippen molar-refractivity contribution in [3.63, 3.8) is 0 Å². The van der Waals surface area contributed by atoms with Crippen LogP contribution in [0.4, 0.5) is 18.9 Å². The van der Waals surface area contributed by atoms with Gasteiger partial charge in [-0.2, -0.15) is 13.2 Å². The van der Waals surface area contributed by atoms with Crippen molar-refractivity contribution in [3.05, 3.63) is 101 Å². The number of alkyl halides is 3. The highest BCUT2D eigenvalue weighted by Gasteiger charge is 2.43. The molecule has 32 heavy (non-hydrogen) atoms. The van der Waals surface area contributed by atoms with Crippen molar-refractivity contribution in [2.45, 2.75) is 44.6 Å². The van der Waals surface area contributed by atoms with Gasteiger partial charge in [0.05, 0.1) is 6.54 Å². The third-order valence-electron chi connectivity index (χ3n) is 5.78. The molecule has 3 aromatic rings. The highest BCUT2D eigenvalue weighted by atomic mass is 19.4. The topological polar surface area (TPSA) is 32.3 Å². The minimum Gasteiger partial charge on any atom is -0.309 e. The highest BCUT2D eigenvalue weighted by Crippen LogP contribution is 2.41. The molecule has 0 bridgehead atoms. The molecule has 0 radical (unpaired) electrons. The van der Waals surface area contributed by atoms with E-state index in [9.17, 15) is 18.0 Å². The number of aryl methyl sites for hydroxylation is 1. The number of carbonyl (C=O) groups excluding carboxylic acids is 1. The van der Waals surface area contributed by atoms with Crippen molar-refractivity contribution >= 4 is 11.6 Å². The summed E-state index contributed by atoms with van der Waals surface area (Å²) in [5.74, 6) is -1.53. The lowest BCUT2D eigenvalue weighted by Gasteiger charge is -2.24. The fourth-order valence-electron chi connectivity index (χ4n) is 3.84. The second-order valence-electron chi connectivity index (χ2n) is 8.28. The third kappa shape index (κ3) is 5.37. The first-order valence-electron chi connectivity index (χ1n) is 10.6. The van der Waals surface area contributed by atoms with Gasteiger partial charge in [-0.1, -0.05) is 72.3 Å². The van der Waals surface area contributed by atoms with Crippen LogP contribution in [-0.4, -0.2) is 18.1 Å². The summed E-state index contributed by atoms with van der Waals surface area (Å²) in [6, 6.07) is 24.3. The standard InChI is InChI=1S/C26H25F3N2O/c1-18-7-9-19(10-8-18)16-30-24-15-23(24)21-11-13-22(14-12-21)31(25(32)26(27,28)29)17-20-5-3-2-4-6-20/h2-14,23-24,30H,15-17H2,1H3. The maximum atomic E-state index is 13.2. The predicted octanol–water partition coefficient (Wildman–Crippen LogP) is 5.74. The van der Waals surface area contributed by atoms with Crippen LogP contribution in [0, 0.1) is 6.92 Å². The fourth-order valence-corrected chi connectivity index (χ4v) is 3.84. The average molecular weight is 438 g/mol. The Bertz CT molecular complexity index is 1050. The van der Waals surface area contributed by atoms with Gasteiger partial charge in [-0.25, -0.2) is 0 Å². The number of hydrogen-bond acceptors (Lipinski definition) is 2. The van der Waals surface area contributed by atoms with Crippen molar-refractivity contribution in [1.29, 1.82) is 0 Å². The Balaban J connectivity index is 1.42. The van der Waals surface area contributed by atoms with E-state index in [-0.39, 0.29) is 12.2 Å². The molecule has 3 nitrogen and oxygen atoms in total. The predicted molar refractivity (Wildman–Crippen MR) is 119 cm³/mol. The molecule has 1 N–H and O–H groups in total. The Morgan fingerprint density at radius 2 is 1.59 bits per heavy atom. The van der Waals surface area contributed by atoms with Crippen molar-refractivity contribution in [2.75, 3.05) is 4.90 Å². The molecule has 6 heteroatoms. The zero-order valence-corrected chi connectivity index (χ0v) is 17.8. The van der Waals surface area contributed by atoms with Gasteiger partial charge in [0.25, 0.3) is 0 Å². The van der Waals surface area contributed by atoms with Crippen LogP contribution >= 0.6 is 0 Å². The van der Waals surface area contributed by atoms with E-state index in [1.807, 2.05) is 12.1 Å². The van der Waals surface area contributed by atoms with Gasteiger partial charge in [0.15, 0.2) is 0 Å². The van der Waals surface area contributed by atoms with E-state index < -0.39 is 12.1 Å². The molecule has 1 aliphatic carbocycles. The maximum Gasteiger partial charge on any atom is 0.471 e. The molecule has 0 aliphatic heterocycles. The van der Waals surface area contributed by atoms with Gasteiger partial charge in [-0.3, -0.25) is 4.79 Å². The Morgan fingerprint density at radius 3 is 2.22 bits per heavy atom. The molecule has 1 fully saturated rings. The van der Waals surface area contributed by atoms with Crippen molar-refractivity contribution < 1.29 is 18.0 Å². The number of rotatable bonds is 7. The molecule has 4 rings (SSSR count). The first kappa shape index (κ1) is 22.1. The number of nitrogens with zero attached hydrogens (tertiary/aromatic N) is 1. The van der Waals surface area contributed by atoms with E-state index in [4.69, 9.17) is 0 Å². The lowest BCUT2D eigenvalue weighted by atomic mass is 10.1. The average Bonchev–Trinajstić information content (AvgIpc) is 3.57. The summed E-state index contributed by atoms with van der Waals surface area (Å²) >= 11 is 0. The number of amides is 1. The molecular formula is C26H25F3N2O. The number of halogens is 3. The van der Waals surface area contributed by atoms with Gasteiger partial charge < -0.3 is 10.2 Å². The van der Waals surface area contributed by atoms with Gasteiger partial charge >= 0.3 is 12.1 Å². The Kier molecular flexibility index (Phi) is 6.33. The number of nitrogens with one attached hydrogen (secondary N) is 1. The first-order chi connectivity index (χ1) is 15.3. The zero-order chi connectivity index (χ0) is 22.7. The monoisotopic (exact) mass is 438 g/mol. The molecule has 0 heterocycles. The van der Waals surface area contributed by atoms with Crippen LogP contribution in [0.2, 0.25) is 0 Å². The van der Waals surface area contributed by atoms with E-state index in [0.717, 1.165) is 23.4 Å². The largest absolute Gasteiger partial charge is 0.471 e. The van der Waals surface area contributed by atoms with E-state index in [1.165, 1.54) is 11.1 Å². The smallest absolute Gasteiger partial charge is 0.309 e.